The zero-order valence-corrected chi connectivity index (χ0v) is 13.4. The summed E-state index contributed by atoms with van der Waals surface area (Å²) in [5.74, 6) is -0.696. The molecule has 0 aromatic heterocycles. The molecule has 118 valence electrons. The molecule has 3 heteroatoms. The van der Waals surface area contributed by atoms with Gasteiger partial charge in [-0.25, -0.2) is 0 Å². The first-order valence-electron chi connectivity index (χ1n) is 8.60. The molecule has 0 aromatic rings. The average Bonchev–Trinajstić information content (AvgIpc) is 2.47. The monoisotopic (exact) mass is 284 g/mol. The van der Waals surface area contributed by atoms with Gasteiger partial charge in [0.2, 0.25) is 0 Å². The molecule has 3 aliphatic heterocycles. The van der Waals surface area contributed by atoms with Crippen molar-refractivity contribution in [2.24, 2.45) is 5.41 Å². The van der Waals surface area contributed by atoms with Crippen LogP contribution < -0.4 is 0 Å². The molecule has 0 atom stereocenters. The maximum Gasteiger partial charge on any atom is 0.282 e. The van der Waals surface area contributed by atoms with Crippen molar-refractivity contribution in [1.82, 2.24) is 0 Å². The molecular weight excluding hydrogens is 252 g/mol. The van der Waals surface area contributed by atoms with Crippen LogP contribution in [0.1, 0.15) is 78.1 Å². The molecule has 3 saturated heterocycles. The quantitative estimate of drug-likeness (QED) is 0.547. The molecule has 0 amide bonds. The summed E-state index contributed by atoms with van der Waals surface area (Å²) < 4.78 is 17.4. The number of unbranched alkanes of at least 4 members (excludes halogenated alkanes) is 8. The van der Waals surface area contributed by atoms with E-state index in [1.165, 1.54) is 51.4 Å². The van der Waals surface area contributed by atoms with E-state index in [4.69, 9.17) is 14.2 Å². The largest absolute Gasteiger partial charge is 0.327 e. The zero-order valence-electron chi connectivity index (χ0n) is 13.4. The molecule has 0 saturated carbocycles. The Morgan fingerprint density at radius 2 is 1.15 bits per heavy atom. The number of rotatable bonds is 10. The van der Waals surface area contributed by atoms with Crippen molar-refractivity contribution in [2.45, 2.75) is 84.0 Å². The van der Waals surface area contributed by atoms with Crippen molar-refractivity contribution < 1.29 is 14.2 Å². The predicted molar refractivity (Wildman–Crippen MR) is 80.5 cm³/mol. The Kier molecular flexibility index (Phi) is 6.31. The summed E-state index contributed by atoms with van der Waals surface area (Å²) in [7, 11) is 0. The van der Waals surface area contributed by atoms with Crippen LogP contribution in [0.5, 0.6) is 0 Å². The third kappa shape index (κ3) is 4.71. The molecule has 0 radical (unpaired) electrons. The Balaban J connectivity index is 1.47. The fourth-order valence-electron chi connectivity index (χ4n) is 2.97. The van der Waals surface area contributed by atoms with E-state index in [1.54, 1.807) is 0 Å². The molecule has 0 aliphatic carbocycles. The summed E-state index contributed by atoms with van der Waals surface area (Å²) in [4.78, 5) is 0. The molecule has 3 nitrogen and oxygen atoms in total. The van der Waals surface area contributed by atoms with Crippen LogP contribution in [0.4, 0.5) is 0 Å². The van der Waals surface area contributed by atoms with Crippen molar-refractivity contribution in [2.75, 3.05) is 19.8 Å². The lowest BCUT2D eigenvalue weighted by Crippen LogP contribution is -2.58. The van der Waals surface area contributed by atoms with Crippen LogP contribution in [-0.4, -0.2) is 25.8 Å². The lowest BCUT2D eigenvalue weighted by atomic mass is 9.91. The molecule has 0 spiro atoms. The van der Waals surface area contributed by atoms with E-state index < -0.39 is 5.97 Å². The predicted octanol–water partition coefficient (Wildman–Crippen LogP) is 4.64. The number of fused-ring (bicyclic) bond motifs is 3. The van der Waals surface area contributed by atoms with Crippen LogP contribution >= 0.6 is 0 Å². The van der Waals surface area contributed by atoms with Crippen molar-refractivity contribution in [3.63, 3.8) is 0 Å². The van der Waals surface area contributed by atoms with E-state index in [2.05, 4.69) is 13.8 Å². The highest BCUT2D eigenvalue weighted by Gasteiger charge is 2.49. The van der Waals surface area contributed by atoms with E-state index in [9.17, 15) is 0 Å². The molecule has 3 heterocycles. The van der Waals surface area contributed by atoms with Gasteiger partial charge in [-0.3, -0.25) is 0 Å². The minimum atomic E-state index is -0.696. The topological polar surface area (TPSA) is 27.7 Å². The van der Waals surface area contributed by atoms with Gasteiger partial charge in [0.1, 0.15) is 0 Å². The lowest BCUT2D eigenvalue weighted by molar-refractivity contribution is -0.467. The summed E-state index contributed by atoms with van der Waals surface area (Å²) in [6.45, 7) is 6.78. The molecule has 2 bridgehead atoms. The third-order valence-electron chi connectivity index (χ3n) is 4.51. The van der Waals surface area contributed by atoms with Gasteiger partial charge >= 0.3 is 0 Å². The van der Waals surface area contributed by atoms with Gasteiger partial charge < -0.3 is 14.2 Å². The van der Waals surface area contributed by atoms with Gasteiger partial charge in [0.15, 0.2) is 0 Å². The van der Waals surface area contributed by atoms with E-state index in [0.717, 1.165) is 32.7 Å². The normalized spacial score (nSPS) is 32.7. The SMILES string of the molecule is CCCCCCCCCCCC12OCC(C)(CO1)CO2. The molecule has 3 rings (SSSR count). The van der Waals surface area contributed by atoms with Gasteiger partial charge in [-0.2, -0.15) is 0 Å². The highest BCUT2D eigenvalue weighted by molar-refractivity contribution is 4.84. The van der Waals surface area contributed by atoms with Crippen molar-refractivity contribution >= 4 is 0 Å². The maximum atomic E-state index is 5.80. The first kappa shape index (κ1) is 16.3. The maximum absolute atomic E-state index is 5.80. The highest BCUT2D eigenvalue weighted by Crippen LogP contribution is 2.40. The van der Waals surface area contributed by atoms with E-state index in [1.807, 2.05) is 0 Å². The molecule has 0 unspecified atom stereocenters. The molecule has 3 aliphatic rings. The van der Waals surface area contributed by atoms with Gasteiger partial charge in [-0.1, -0.05) is 65.2 Å². The van der Waals surface area contributed by atoms with Crippen LogP contribution in [0.15, 0.2) is 0 Å². The second kappa shape index (κ2) is 7.77. The standard InChI is InChI=1S/C17H32O3/c1-3-4-5-6-7-8-9-10-11-12-17-18-13-16(2,14-19-17)15-20-17/h3-15H2,1-2H3. The molecular formula is C17H32O3. The Hall–Kier alpha value is -0.120. The van der Waals surface area contributed by atoms with Gasteiger partial charge in [0, 0.05) is 11.8 Å². The van der Waals surface area contributed by atoms with Crippen LogP contribution in [0, 0.1) is 5.41 Å². The summed E-state index contributed by atoms with van der Waals surface area (Å²) in [6, 6.07) is 0. The fraction of sp³-hybridized carbons (Fsp3) is 1.00. The lowest BCUT2D eigenvalue weighted by Gasteiger charge is -2.50. The van der Waals surface area contributed by atoms with Crippen LogP contribution in [0.3, 0.4) is 0 Å². The van der Waals surface area contributed by atoms with Crippen molar-refractivity contribution in [3.05, 3.63) is 0 Å². The van der Waals surface area contributed by atoms with Gasteiger partial charge in [0.05, 0.1) is 19.8 Å². The minimum Gasteiger partial charge on any atom is -0.327 e. The molecule has 3 fully saturated rings. The minimum absolute atomic E-state index is 0.0836. The molecule has 0 aromatic carbocycles. The zero-order chi connectivity index (χ0) is 14.3. The van der Waals surface area contributed by atoms with E-state index >= 15 is 0 Å². The Morgan fingerprint density at radius 1 is 0.700 bits per heavy atom. The highest BCUT2D eigenvalue weighted by atomic mass is 16.9. The van der Waals surface area contributed by atoms with E-state index in [0.29, 0.717) is 0 Å². The summed E-state index contributed by atoms with van der Waals surface area (Å²) in [5, 5.41) is 0. The van der Waals surface area contributed by atoms with Gasteiger partial charge in [0.25, 0.3) is 5.97 Å². The summed E-state index contributed by atoms with van der Waals surface area (Å²) >= 11 is 0. The number of hydrogen-bond acceptors (Lipinski definition) is 3. The van der Waals surface area contributed by atoms with Gasteiger partial charge in [-0.05, 0) is 6.42 Å². The fourth-order valence-corrected chi connectivity index (χ4v) is 2.97. The van der Waals surface area contributed by atoms with Crippen molar-refractivity contribution in [1.29, 1.82) is 0 Å². The van der Waals surface area contributed by atoms with Crippen LogP contribution in [0.2, 0.25) is 0 Å². The third-order valence-corrected chi connectivity index (χ3v) is 4.51. The van der Waals surface area contributed by atoms with Crippen LogP contribution in [0.25, 0.3) is 0 Å². The Labute approximate surface area is 124 Å². The number of ether oxygens (including phenoxy) is 3. The first-order valence-corrected chi connectivity index (χ1v) is 8.60. The molecule has 20 heavy (non-hydrogen) atoms. The Morgan fingerprint density at radius 3 is 1.65 bits per heavy atom. The van der Waals surface area contributed by atoms with Crippen molar-refractivity contribution in [3.8, 4) is 0 Å². The summed E-state index contributed by atoms with van der Waals surface area (Å²) in [6.07, 6.45) is 13.0. The first-order chi connectivity index (χ1) is 9.68. The van der Waals surface area contributed by atoms with Crippen LogP contribution in [-0.2, 0) is 14.2 Å². The molecule has 0 N–H and O–H groups in total. The van der Waals surface area contributed by atoms with E-state index in [-0.39, 0.29) is 5.41 Å². The summed E-state index contributed by atoms with van der Waals surface area (Å²) in [5.41, 5.74) is 0.0836. The second-order valence-electron chi connectivity index (χ2n) is 6.94. The number of hydrogen-bond donors (Lipinski definition) is 0. The Bertz CT molecular complexity index is 253. The van der Waals surface area contributed by atoms with Gasteiger partial charge in [-0.15, -0.1) is 0 Å². The smallest absolute Gasteiger partial charge is 0.282 e. The second-order valence-corrected chi connectivity index (χ2v) is 6.94. The average molecular weight is 284 g/mol.